The number of amides is 1. The van der Waals surface area contributed by atoms with Gasteiger partial charge in [-0.15, -0.1) is 0 Å². The second-order valence-corrected chi connectivity index (χ2v) is 8.45. The van der Waals surface area contributed by atoms with Crippen LogP contribution in [0.15, 0.2) is 42.5 Å². The Morgan fingerprint density at radius 3 is 2.03 bits per heavy atom. The summed E-state index contributed by atoms with van der Waals surface area (Å²) in [6.45, 7) is 5.25. The Balaban J connectivity index is 1.46. The lowest BCUT2D eigenvalue weighted by Gasteiger charge is -2.30. The number of ether oxygens (including phenoxy) is 3. The number of hydrogen-bond acceptors (Lipinski definition) is 9. The number of morpholine rings is 2. The number of anilines is 2. The van der Waals surface area contributed by atoms with Crippen LogP contribution in [-0.2, 0) is 16.1 Å². The highest BCUT2D eigenvalue weighted by Crippen LogP contribution is 2.28. The maximum absolute atomic E-state index is 13.2. The van der Waals surface area contributed by atoms with Crippen LogP contribution in [0.25, 0.3) is 11.4 Å². The lowest BCUT2D eigenvalue weighted by molar-refractivity contribution is 0.0996. The Hall–Kier alpha value is -3.83. The van der Waals surface area contributed by atoms with Gasteiger partial charge in [0.2, 0.25) is 11.9 Å². The van der Waals surface area contributed by atoms with E-state index in [4.69, 9.17) is 34.9 Å². The minimum absolute atomic E-state index is 0.161. The van der Waals surface area contributed by atoms with E-state index in [0.717, 1.165) is 5.56 Å². The molecule has 11 heteroatoms. The van der Waals surface area contributed by atoms with Gasteiger partial charge in [-0.1, -0.05) is 12.1 Å². The summed E-state index contributed by atoms with van der Waals surface area (Å²) in [6.07, 6.45) is 0. The van der Waals surface area contributed by atoms with Crippen molar-refractivity contribution in [2.45, 2.75) is 6.61 Å². The van der Waals surface area contributed by atoms with E-state index in [1.807, 2.05) is 0 Å². The highest BCUT2D eigenvalue weighted by Gasteiger charge is 2.22. The second kappa shape index (κ2) is 10.8. The standard InChI is InChI=1S/C25H27FN6O4/c26-19-4-1-17(2-5-19)16-36-21-6-3-18(15-20(21)22(27)33)23-28-24(31-7-11-34-12-8-31)30-25(29-23)32-9-13-35-14-10-32/h1-6,15H,7-14,16H2,(H2,27,33). The first-order chi connectivity index (χ1) is 17.6. The summed E-state index contributed by atoms with van der Waals surface area (Å²) in [4.78, 5) is 30.6. The molecule has 2 saturated heterocycles. The fourth-order valence-electron chi connectivity index (χ4n) is 4.02. The minimum atomic E-state index is -0.637. The summed E-state index contributed by atoms with van der Waals surface area (Å²) >= 11 is 0. The zero-order valence-corrected chi connectivity index (χ0v) is 19.7. The molecule has 10 nitrogen and oxygen atoms in total. The Bertz CT molecular complexity index is 1180. The fourth-order valence-corrected chi connectivity index (χ4v) is 4.02. The van der Waals surface area contributed by atoms with E-state index in [0.29, 0.717) is 81.6 Å². The van der Waals surface area contributed by atoms with Crippen molar-refractivity contribution in [3.63, 3.8) is 0 Å². The van der Waals surface area contributed by atoms with Gasteiger partial charge in [-0.3, -0.25) is 4.79 Å². The number of carbonyl (C=O) groups is 1. The normalized spacial score (nSPS) is 16.1. The molecule has 1 aromatic heterocycles. The summed E-state index contributed by atoms with van der Waals surface area (Å²) in [5, 5.41) is 0. The molecule has 0 spiro atoms. The molecule has 0 atom stereocenters. The Morgan fingerprint density at radius 2 is 1.47 bits per heavy atom. The first kappa shape index (κ1) is 23.9. The summed E-state index contributed by atoms with van der Waals surface area (Å²) in [5.74, 6) is 0.907. The van der Waals surface area contributed by atoms with Crippen LogP contribution >= 0.6 is 0 Å². The maximum atomic E-state index is 13.2. The van der Waals surface area contributed by atoms with Crippen molar-refractivity contribution < 1.29 is 23.4 Å². The van der Waals surface area contributed by atoms with Crippen molar-refractivity contribution in [3.05, 3.63) is 59.4 Å². The van der Waals surface area contributed by atoms with Gasteiger partial charge in [0.1, 0.15) is 18.2 Å². The summed E-state index contributed by atoms with van der Waals surface area (Å²) in [6, 6.07) is 11.0. The van der Waals surface area contributed by atoms with Crippen molar-refractivity contribution in [2.75, 3.05) is 62.4 Å². The van der Waals surface area contributed by atoms with Crippen LogP contribution < -0.4 is 20.3 Å². The van der Waals surface area contributed by atoms with Gasteiger partial charge in [-0.25, -0.2) is 4.39 Å². The topological polar surface area (TPSA) is 116 Å². The van der Waals surface area contributed by atoms with Crippen LogP contribution in [0.2, 0.25) is 0 Å². The van der Waals surface area contributed by atoms with Crippen molar-refractivity contribution in [3.8, 4) is 17.1 Å². The van der Waals surface area contributed by atoms with E-state index in [1.54, 1.807) is 30.3 Å². The smallest absolute Gasteiger partial charge is 0.252 e. The average Bonchev–Trinajstić information content (AvgIpc) is 2.93. The first-order valence-electron chi connectivity index (χ1n) is 11.8. The largest absolute Gasteiger partial charge is 0.488 e. The number of hydrogen-bond donors (Lipinski definition) is 1. The number of halogens is 1. The molecule has 188 valence electrons. The number of aromatic nitrogens is 3. The number of carbonyl (C=O) groups excluding carboxylic acids is 1. The summed E-state index contributed by atoms with van der Waals surface area (Å²) in [7, 11) is 0. The van der Waals surface area contributed by atoms with Crippen molar-refractivity contribution in [1.29, 1.82) is 0 Å². The van der Waals surface area contributed by atoms with E-state index in [9.17, 15) is 9.18 Å². The summed E-state index contributed by atoms with van der Waals surface area (Å²) < 4.78 is 30.0. The molecule has 3 aromatic rings. The van der Waals surface area contributed by atoms with Gasteiger partial charge in [0.15, 0.2) is 5.82 Å². The van der Waals surface area contributed by atoms with E-state index in [-0.39, 0.29) is 18.0 Å². The first-order valence-corrected chi connectivity index (χ1v) is 11.8. The Morgan fingerprint density at radius 1 is 0.889 bits per heavy atom. The van der Waals surface area contributed by atoms with Gasteiger partial charge in [0.25, 0.3) is 5.91 Å². The average molecular weight is 495 g/mol. The van der Waals surface area contributed by atoms with Gasteiger partial charge in [-0.05, 0) is 35.9 Å². The zero-order valence-electron chi connectivity index (χ0n) is 19.7. The molecule has 2 N–H and O–H groups in total. The molecule has 0 radical (unpaired) electrons. The van der Waals surface area contributed by atoms with Gasteiger partial charge >= 0.3 is 0 Å². The molecule has 2 aromatic carbocycles. The lowest BCUT2D eigenvalue weighted by atomic mass is 10.1. The molecule has 2 aliphatic rings. The molecule has 2 aliphatic heterocycles. The highest BCUT2D eigenvalue weighted by atomic mass is 19.1. The third kappa shape index (κ3) is 5.52. The molecule has 36 heavy (non-hydrogen) atoms. The van der Waals surface area contributed by atoms with E-state index < -0.39 is 5.91 Å². The second-order valence-electron chi connectivity index (χ2n) is 8.45. The molecule has 3 heterocycles. The molecule has 0 saturated carbocycles. The molecule has 0 unspecified atom stereocenters. The quantitative estimate of drug-likeness (QED) is 0.527. The van der Waals surface area contributed by atoms with Crippen molar-refractivity contribution in [2.24, 2.45) is 5.73 Å². The zero-order chi connectivity index (χ0) is 24.9. The fraction of sp³-hybridized carbons (Fsp3) is 0.360. The van der Waals surface area contributed by atoms with Crippen LogP contribution in [0.1, 0.15) is 15.9 Å². The Labute approximate surface area is 207 Å². The van der Waals surface area contributed by atoms with Crippen molar-refractivity contribution >= 4 is 17.8 Å². The number of nitrogens with zero attached hydrogens (tertiary/aromatic N) is 5. The van der Waals surface area contributed by atoms with Crippen molar-refractivity contribution in [1.82, 2.24) is 15.0 Å². The van der Waals surface area contributed by atoms with Crippen LogP contribution in [0.3, 0.4) is 0 Å². The number of benzene rings is 2. The van der Waals surface area contributed by atoms with E-state index >= 15 is 0 Å². The van der Waals surface area contributed by atoms with E-state index in [1.165, 1.54) is 12.1 Å². The molecule has 2 fully saturated rings. The molecule has 0 aliphatic carbocycles. The predicted molar refractivity (Wildman–Crippen MR) is 131 cm³/mol. The van der Waals surface area contributed by atoms with Crippen LogP contribution in [0.5, 0.6) is 5.75 Å². The molecular weight excluding hydrogens is 467 g/mol. The van der Waals surface area contributed by atoms with Gasteiger partial charge in [0, 0.05) is 31.7 Å². The van der Waals surface area contributed by atoms with Crippen LogP contribution in [-0.4, -0.2) is 73.5 Å². The Kier molecular flexibility index (Phi) is 7.19. The minimum Gasteiger partial charge on any atom is -0.488 e. The molecular formula is C25H27FN6O4. The van der Waals surface area contributed by atoms with Crippen LogP contribution in [0, 0.1) is 5.82 Å². The molecule has 0 bridgehead atoms. The summed E-state index contributed by atoms with van der Waals surface area (Å²) in [5.41, 5.74) is 7.26. The van der Waals surface area contributed by atoms with Gasteiger partial charge < -0.3 is 29.7 Å². The highest BCUT2D eigenvalue weighted by molar-refractivity contribution is 5.96. The monoisotopic (exact) mass is 494 g/mol. The maximum Gasteiger partial charge on any atom is 0.252 e. The van der Waals surface area contributed by atoms with Crippen LogP contribution in [0.4, 0.5) is 16.3 Å². The molecule has 5 rings (SSSR count). The third-order valence-corrected chi connectivity index (χ3v) is 6.01. The SMILES string of the molecule is NC(=O)c1cc(-c2nc(N3CCOCC3)nc(N3CCOCC3)n2)ccc1OCc1ccc(F)cc1. The van der Waals surface area contributed by atoms with Gasteiger partial charge in [-0.2, -0.15) is 15.0 Å². The predicted octanol–water partition coefficient (Wildman–Crippen LogP) is 2.03. The molecule has 1 amide bonds. The number of rotatable bonds is 7. The third-order valence-electron chi connectivity index (χ3n) is 6.01. The lowest BCUT2D eigenvalue weighted by Crippen LogP contribution is -2.40. The number of primary amides is 1. The van der Waals surface area contributed by atoms with Gasteiger partial charge in [0.05, 0.1) is 32.0 Å². The number of nitrogens with two attached hydrogens (primary N) is 1. The van der Waals surface area contributed by atoms with E-state index in [2.05, 4.69) is 9.80 Å².